The topological polar surface area (TPSA) is 120 Å². The van der Waals surface area contributed by atoms with Gasteiger partial charge in [0.2, 0.25) is 11.8 Å². The Bertz CT molecular complexity index is 1160. The summed E-state index contributed by atoms with van der Waals surface area (Å²) in [5, 5.41) is 8.45. The fraction of sp³-hybridized carbons (Fsp3) is 0.320. The van der Waals surface area contributed by atoms with Gasteiger partial charge in [0.1, 0.15) is 5.25 Å². The van der Waals surface area contributed by atoms with Crippen molar-refractivity contribution in [2.45, 2.75) is 37.9 Å². The molecule has 0 bridgehead atoms. The molecule has 0 aromatic heterocycles. The third-order valence-electron chi connectivity index (χ3n) is 5.60. The van der Waals surface area contributed by atoms with E-state index in [9.17, 15) is 19.2 Å². The Hall–Kier alpha value is -3.66. The molecule has 2 aliphatic heterocycles. The number of hydrogen-bond acceptors (Lipinski definition) is 6. The Morgan fingerprint density at radius 2 is 1.63 bits per heavy atom. The molecule has 10 heteroatoms. The molecule has 2 heterocycles. The van der Waals surface area contributed by atoms with Crippen molar-refractivity contribution in [2.75, 3.05) is 29.0 Å². The third kappa shape index (κ3) is 6.69. The summed E-state index contributed by atoms with van der Waals surface area (Å²) in [5.74, 6) is -1.06. The van der Waals surface area contributed by atoms with Gasteiger partial charge in [-0.05, 0) is 61.7 Å². The number of anilines is 3. The van der Waals surface area contributed by atoms with E-state index in [4.69, 9.17) is 0 Å². The maximum Gasteiger partial charge on any atom is 0.262 e. The molecule has 1 unspecified atom stereocenters. The molecule has 9 nitrogen and oxygen atoms in total. The molecule has 2 aromatic rings. The molecule has 182 valence electrons. The van der Waals surface area contributed by atoms with Gasteiger partial charge in [0.15, 0.2) is 5.17 Å². The van der Waals surface area contributed by atoms with Gasteiger partial charge >= 0.3 is 0 Å². The largest absolute Gasteiger partial charge is 0.351 e. The van der Waals surface area contributed by atoms with E-state index in [-0.39, 0.29) is 30.0 Å². The number of piperidine rings is 1. The average molecular weight is 494 g/mol. The molecule has 35 heavy (non-hydrogen) atoms. The van der Waals surface area contributed by atoms with Crippen LogP contribution in [0.25, 0.3) is 0 Å². The number of amides is 4. The zero-order valence-electron chi connectivity index (χ0n) is 19.4. The van der Waals surface area contributed by atoms with Crippen LogP contribution in [-0.4, -0.2) is 52.0 Å². The lowest BCUT2D eigenvalue weighted by atomic mass is 10.1. The first-order chi connectivity index (χ1) is 16.9. The lowest BCUT2D eigenvalue weighted by Crippen LogP contribution is -2.33. The molecule has 1 fully saturated rings. The fourth-order valence-corrected chi connectivity index (χ4v) is 5.01. The zero-order valence-corrected chi connectivity index (χ0v) is 20.2. The molecule has 1 saturated heterocycles. The molecule has 2 aliphatic rings. The molecule has 0 aliphatic carbocycles. The van der Waals surface area contributed by atoms with E-state index in [1.165, 1.54) is 25.1 Å². The zero-order chi connectivity index (χ0) is 24.8. The second-order valence-electron chi connectivity index (χ2n) is 8.43. The van der Waals surface area contributed by atoms with Crippen LogP contribution in [0.15, 0.2) is 53.5 Å². The summed E-state index contributed by atoms with van der Waals surface area (Å²) < 4.78 is 0. The number of carbonyl (C=O) groups is 4. The minimum absolute atomic E-state index is 0.0389. The van der Waals surface area contributed by atoms with Crippen LogP contribution in [0.1, 0.15) is 43.0 Å². The number of aliphatic imine (C=N–C) groups is 1. The number of benzene rings is 2. The van der Waals surface area contributed by atoms with Crippen molar-refractivity contribution in [2.24, 2.45) is 4.99 Å². The van der Waals surface area contributed by atoms with E-state index in [1.54, 1.807) is 48.5 Å². The van der Waals surface area contributed by atoms with Crippen molar-refractivity contribution in [1.82, 2.24) is 4.90 Å². The number of carbonyl (C=O) groups excluding carboxylic acids is 4. The maximum absolute atomic E-state index is 12.6. The summed E-state index contributed by atoms with van der Waals surface area (Å²) in [5.41, 5.74) is 2.07. The second kappa shape index (κ2) is 11.2. The Labute approximate surface area is 207 Å². The SMILES string of the molecule is CC(=O)Nc1cccc(NC(=O)c2ccc(NC(=O)CC3SC(N4CCCCC4)=NC3=O)cc2)c1. The molecule has 0 spiro atoms. The van der Waals surface area contributed by atoms with Crippen LogP contribution in [-0.2, 0) is 14.4 Å². The molecule has 4 rings (SSSR count). The first-order valence-corrected chi connectivity index (χ1v) is 12.4. The van der Waals surface area contributed by atoms with Crippen LogP contribution in [0.4, 0.5) is 17.1 Å². The van der Waals surface area contributed by atoms with Gasteiger partial charge in [0, 0.05) is 49.1 Å². The standard InChI is InChI=1S/C25H27N5O4S/c1-16(31)26-19-6-5-7-20(14-19)28-23(33)17-8-10-18(11-9-17)27-22(32)15-21-24(34)29-25(35-21)30-12-3-2-4-13-30/h5-11,14,21H,2-4,12-13,15H2,1H3,(H,26,31)(H,27,32)(H,28,33). The van der Waals surface area contributed by atoms with Gasteiger partial charge in [-0.25, -0.2) is 0 Å². The number of nitrogens with zero attached hydrogens (tertiary/aromatic N) is 2. The Morgan fingerprint density at radius 1 is 0.943 bits per heavy atom. The molecular formula is C25H27N5O4S. The van der Waals surface area contributed by atoms with Crippen molar-refractivity contribution in [1.29, 1.82) is 0 Å². The number of amidine groups is 1. The highest BCUT2D eigenvalue weighted by atomic mass is 32.2. The first kappa shape index (κ1) is 24.5. The summed E-state index contributed by atoms with van der Waals surface area (Å²) in [6.07, 6.45) is 3.42. The number of nitrogens with one attached hydrogen (secondary N) is 3. The van der Waals surface area contributed by atoms with Gasteiger partial charge in [-0.2, -0.15) is 4.99 Å². The minimum atomic E-state index is -0.509. The smallest absolute Gasteiger partial charge is 0.262 e. The number of rotatable bonds is 6. The quantitative estimate of drug-likeness (QED) is 0.564. The summed E-state index contributed by atoms with van der Waals surface area (Å²) >= 11 is 1.36. The molecule has 4 amide bonds. The van der Waals surface area contributed by atoms with Crippen LogP contribution in [0.3, 0.4) is 0 Å². The predicted molar refractivity (Wildman–Crippen MR) is 138 cm³/mol. The van der Waals surface area contributed by atoms with Crippen LogP contribution in [0.2, 0.25) is 0 Å². The van der Waals surface area contributed by atoms with Crippen LogP contribution >= 0.6 is 11.8 Å². The fourth-order valence-electron chi connectivity index (χ4n) is 3.90. The van der Waals surface area contributed by atoms with Gasteiger partial charge in [0.05, 0.1) is 0 Å². The Kier molecular flexibility index (Phi) is 7.81. The van der Waals surface area contributed by atoms with E-state index in [1.807, 2.05) is 0 Å². The second-order valence-corrected chi connectivity index (χ2v) is 9.60. The highest BCUT2D eigenvalue weighted by Gasteiger charge is 2.33. The number of hydrogen-bond donors (Lipinski definition) is 3. The molecule has 3 N–H and O–H groups in total. The lowest BCUT2D eigenvalue weighted by Gasteiger charge is -2.27. The van der Waals surface area contributed by atoms with Crippen molar-refractivity contribution >= 4 is 57.6 Å². The van der Waals surface area contributed by atoms with E-state index in [0.717, 1.165) is 31.1 Å². The van der Waals surface area contributed by atoms with Gasteiger partial charge in [-0.3, -0.25) is 19.2 Å². The minimum Gasteiger partial charge on any atom is -0.351 e. The summed E-state index contributed by atoms with van der Waals surface area (Å²) in [4.78, 5) is 54.9. The molecule has 0 saturated carbocycles. The number of thioether (sulfide) groups is 1. The van der Waals surface area contributed by atoms with Gasteiger partial charge in [-0.1, -0.05) is 17.8 Å². The highest BCUT2D eigenvalue weighted by Crippen LogP contribution is 2.29. The van der Waals surface area contributed by atoms with Crippen LogP contribution < -0.4 is 16.0 Å². The van der Waals surface area contributed by atoms with Gasteiger partial charge in [-0.15, -0.1) is 0 Å². The number of likely N-dealkylation sites (tertiary alicyclic amines) is 1. The monoisotopic (exact) mass is 493 g/mol. The van der Waals surface area contributed by atoms with E-state index in [2.05, 4.69) is 25.8 Å². The predicted octanol–water partition coefficient (Wildman–Crippen LogP) is 3.71. The maximum atomic E-state index is 12.6. The third-order valence-corrected chi connectivity index (χ3v) is 6.81. The summed E-state index contributed by atoms with van der Waals surface area (Å²) in [6.45, 7) is 3.22. The Morgan fingerprint density at radius 3 is 2.31 bits per heavy atom. The van der Waals surface area contributed by atoms with Crippen molar-refractivity contribution in [3.8, 4) is 0 Å². The van der Waals surface area contributed by atoms with Crippen LogP contribution in [0.5, 0.6) is 0 Å². The molecule has 1 atom stereocenters. The average Bonchev–Trinajstić information content (AvgIpc) is 3.20. The molecular weight excluding hydrogens is 466 g/mol. The Balaban J connectivity index is 1.28. The highest BCUT2D eigenvalue weighted by molar-refractivity contribution is 8.15. The van der Waals surface area contributed by atoms with Crippen molar-refractivity contribution in [3.05, 3.63) is 54.1 Å². The van der Waals surface area contributed by atoms with Crippen LogP contribution in [0, 0.1) is 0 Å². The molecule has 0 radical (unpaired) electrons. The van der Waals surface area contributed by atoms with E-state index >= 15 is 0 Å². The van der Waals surface area contributed by atoms with Gasteiger partial charge < -0.3 is 20.9 Å². The first-order valence-electron chi connectivity index (χ1n) is 11.5. The van der Waals surface area contributed by atoms with Crippen molar-refractivity contribution < 1.29 is 19.2 Å². The normalized spacial score (nSPS) is 17.5. The van der Waals surface area contributed by atoms with E-state index < -0.39 is 5.25 Å². The van der Waals surface area contributed by atoms with Crippen molar-refractivity contribution in [3.63, 3.8) is 0 Å². The van der Waals surface area contributed by atoms with E-state index in [0.29, 0.717) is 22.6 Å². The lowest BCUT2D eigenvalue weighted by molar-refractivity contribution is -0.121. The summed E-state index contributed by atoms with van der Waals surface area (Å²) in [6, 6.07) is 13.3. The summed E-state index contributed by atoms with van der Waals surface area (Å²) in [7, 11) is 0. The van der Waals surface area contributed by atoms with Gasteiger partial charge in [0.25, 0.3) is 11.8 Å². The molecule has 2 aromatic carbocycles.